The molecule has 1 unspecified atom stereocenters. The van der Waals surface area contributed by atoms with Crippen molar-refractivity contribution in [3.05, 3.63) is 0 Å². The standard InChI is InChI=1S/C12H26O/c1-4-6-7-8-9-10-11-13-12(3)5-2/h12H,4-11H2,1-3H3. The van der Waals surface area contributed by atoms with E-state index in [2.05, 4.69) is 20.8 Å². The molecule has 1 atom stereocenters. The van der Waals surface area contributed by atoms with E-state index in [1.165, 1.54) is 38.5 Å². The van der Waals surface area contributed by atoms with Gasteiger partial charge in [-0.15, -0.1) is 0 Å². The Bertz CT molecular complexity index is 91.1. The molecular formula is C12H26O. The van der Waals surface area contributed by atoms with Crippen molar-refractivity contribution in [1.29, 1.82) is 0 Å². The van der Waals surface area contributed by atoms with Crippen LogP contribution in [0.5, 0.6) is 0 Å². The summed E-state index contributed by atoms with van der Waals surface area (Å²) in [6.45, 7) is 7.54. The summed E-state index contributed by atoms with van der Waals surface area (Å²) in [4.78, 5) is 0. The van der Waals surface area contributed by atoms with Crippen LogP contribution in [-0.4, -0.2) is 12.7 Å². The van der Waals surface area contributed by atoms with Crippen LogP contribution < -0.4 is 0 Å². The lowest BCUT2D eigenvalue weighted by molar-refractivity contribution is 0.0608. The van der Waals surface area contributed by atoms with E-state index in [0.717, 1.165) is 13.0 Å². The molecule has 0 rings (SSSR count). The van der Waals surface area contributed by atoms with Crippen LogP contribution in [0.4, 0.5) is 0 Å². The highest BCUT2D eigenvalue weighted by atomic mass is 16.5. The second-order valence-corrected chi connectivity index (χ2v) is 3.86. The van der Waals surface area contributed by atoms with Gasteiger partial charge in [0.1, 0.15) is 0 Å². The molecular weight excluding hydrogens is 160 g/mol. The van der Waals surface area contributed by atoms with Gasteiger partial charge >= 0.3 is 0 Å². The molecule has 0 fully saturated rings. The van der Waals surface area contributed by atoms with Crippen molar-refractivity contribution in [2.75, 3.05) is 6.61 Å². The van der Waals surface area contributed by atoms with Crippen LogP contribution in [-0.2, 0) is 4.74 Å². The maximum Gasteiger partial charge on any atom is 0.0544 e. The van der Waals surface area contributed by atoms with Crippen molar-refractivity contribution in [2.45, 2.75) is 71.8 Å². The Labute approximate surface area is 83.9 Å². The third-order valence-corrected chi connectivity index (χ3v) is 2.48. The first-order chi connectivity index (χ1) is 6.31. The van der Waals surface area contributed by atoms with Gasteiger partial charge < -0.3 is 4.74 Å². The number of hydrogen-bond acceptors (Lipinski definition) is 1. The molecule has 0 heterocycles. The summed E-state index contributed by atoms with van der Waals surface area (Å²) in [6.07, 6.45) is 9.70. The van der Waals surface area contributed by atoms with Crippen LogP contribution in [0.2, 0.25) is 0 Å². The topological polar surface area (TPSA) is 9.23 Å². The van der Waals surface area contributed by atoms with Crippen molar-refractivity contribution in [2.24, 2.45) is 0 Å². The summed E-state index contributed by atoms with van der Waals surface area (Å²) >= 11 is 0. The Morgan fingerprint density at radius 3 is 2.15 bits per heavy atom. The SMILES string of the molecule is CCCCCCCCOC(C)CC. The predicted molar refractivity (Wildman–Crippen MR) is 59.1 cm³/mol. The largest absolute Gasteiger partial charge is 0.379 e. The molecule has 80 valence electrons. The summed E-state index contributed by atoms with van der Waals surface area (Å²) in [5, 5.41) is 0. The molecule has 0 aliphatic carbocycles. The Morgan fingerprint density at radius 2 is 1.54 bits per heavy atom. The zero-order chi connectivity index (χ0) is 9.94. The highest BCUT2D eigenvalue weighted by Gasteiger charge is 1.96. The maximum absolute atomic E-state index is 5.60. The molecule has 0 N–H and O–H groups in total. The van der Waals surface area contributed by atoms with Crippen LogP contribution in [0.15, 0.2) is 0 Å². The smallest absolute Gasteiger partial charge is 0.0544 e. The summed E-state index contributed by atoms with van der Waals surface area (Å²) < 4.78 is 5.60. The average molecular weight is 186 g/mol. The Balaban J connectivity index is 2.91. The summed E-state index contributed by atoms with van der Waals surface area (Å²) in [7, 11) is 0. The normalized spacial score (nSPS) is 13.2. The van der Waals surface area contributed by atoms with E-state index in [9.17, 15) is 0 Å². The first-order valence-electron chi connectivity index (χ1n) is 5.92. The first kappa shape index (κ1) is 13.0. The Kier molecular flexibility index (Phi) is 10.0. The average Bonchev–Trinajstić information content (AvgIpc) is 2.16. The zero-order valence-electron chi connectivity index (χ0n) is 9.64. The van der Waals surface area contributed by atoms with Crippen LogP contribution in [0.25, 0.3) is 0 Å². The van der Waals surface area contributed by atoms with Gasteiger partial charge in [0.25, 0.3) is 0 Å². The Morgan fingerprint density at radius 1 is 0.923 bits per heavy atom. The fraction of sp³-hybridized carbons (Fsp3) is 1.00. The van der Waals surface area contributed by atoms with Crippen molar-refractivity contribution in [3.8, 4) is 0 Å². The molecule has 0 aromatic heterocycles. The molecule has 0 aromatic rings. The van der Waals surface area contributed by atoms with Crippen LogP contribution in [0, 0.1) is 0 Å². The number of ether oxygens (including phenoxy) is 1. The molecule has 0 aromatic carbocycles. The van der Waals surface area contributed by atoms with Crippen molar-refractivity contribution >= 4 is 0 Å². The predicted octanol–water partition coefficient (Wildman–Crippen LogP) is 4.16. The summed E-state index contributed by atoms with van der Waals surface area (Å²) in [6, 6.07) is 0. The lowest BCUT2D eigenvalue weighted by Crippen LogP contribution is -2.07. The first-order valence-corrected chi connectivity index (χ1v) is 5.92. The quantitative estimate of drug-likeness (QED) is 0.491. The minimum absolute atomic E-state index is 0.454. The molecule has 0 amide bonds. The molecule has 0 aliphatic heterocycles. The number of hydrogen-bond donors (Lipinski definition) is 0. The van der Waals surface area contributed by atoms with E-state index < -0.39 is 0 Å². The van der Waals surface area contributed by atoms with Gasteiger partial charge in [0.05, 0.1) is 6.10 Å². The van der Waals surface area contributed by atoms with Crippen molar-refractivity contribution in [3.63, 3.8) is 0 Å². The number of unbranched alkanes of at least 4 members (excludes halogenated alkanes) is 5. The van der Waals surface area contributed by atoms with E-state index >= 15 is 0 Å². The van der Waals surface area contributed by atoms with Gasteiger partial charge in [-0.1, -0.05) is 46.0 Å². The maximum atomic E-state index is 5.60. The summed E-state index contributed by atoms with van der Waals surface area (Å²) in [5.41, 5.74) is 0. The van der Waals surface area contributed by atoms with Crippen LogP contribution >= 0.6 is 0 Å². The van der Waals surface area contributed by atoms with Crippen molar-refractivity contribution in [1.82, 2.24) is 0 Å². The van der Waals surface area contributed by atoms with E-state index in [-0.39, 0.29) is 0 Å². The molecule has 0 spiro atoms. The van der Waals surface area contributed by atoms with Gasteiger partial charge in [0.2, 0.25) is 0 Å². The van der Waals surface area contributed by atoms with Gasteiger partial charge in [0, 0.05) is 6.61 Å². The molecule has 0 radical (unpaired) electrons. The minimum atomic E-state index is 0.454. The zero-order valence-corrected chi connectivity index (χ0v) is 9.64. The number of rotatable bonds is 9. The lowest BCUT2D eigenvalue weighted by atomic mass is 10.1. The molecule has 13 heavy (non-hydrogen) atoms. The van der Waals surface area contributed by atoms with Gasteiger partial charge in [-0.25, -0.2) is 0 Å². The molecule has 0 saturated carbocycles. The Hall–Kier alpha value is -0.0400. The van der Waals surface area contributed by atoms with Crippen LogP contribution in [0.1, 0.15) is 65.7 Å². The fourth-order valence-corrected chi connectivity index (χ4v) is 1.28. The molecule has 1 heteroatoms. The highest BCUT2D eigenvalue weighted by Crippen LogP contribution is 2.06. The van der Waals surface area contributed by atoms with Gasteiger partial charge in [-0.3, -0.25) is 0 Å². The third-order valence-electron chi connectivity index (χ3n) is 2.48. The second kappa shape index (κ2) is 10.0. The van der Waals surface area contributed by atoms with E-state index in [0.29, 0.717) is 6.10 Å². The highest BCUT2D eigenvalue weighted by molar-refractivity contribution is 4.46. The van der Waals surface area contributed by atoms with E-state index in [4.69, 9.17) is 4.74 Å². The lowest BCUT2D eigenvalue weighted by Gasteiger charge is -2.09. The second-order valence-electron chi connectivity index (χ2n) is 3.86. The molecule has 0 aliphatic rings. The fourth-order valence-electron chi connectivity index (χ4n) is 1.28. The van der Waals surface area contributed by atoms with Gasteiger partial charge in [-0.2, -0.15) is 0 Å². The van der Waals surface area contributed by atoms with Gasteiger partial charge in [-0.05, 0) is 19.8 Å². The van der Waals surface area contributed by atoms with Gasteiger partial charge in [0.15, 0.2) is 0 Å². The third kappa shape index (κ3) is 9.88. The van der Waals surface area contributed by atoms with Crippen molar-refractivity contribution < 1.29 is 4.74 Å². The minimum Gasteiger partial charge on any atom is -0.379 e. The molecule has 1 nitrogen and oxygen atoms in total. The van der Waals surface area contributed by atoms with E-state index in [1.54, 1.807) is 0 Å². The van der Waals surface area contributed by atoms with E-state index in [1.807, 2.05) is 0 Å². The monoisotopic (exact) mass is 186 g/mol. The summed E-state index contributed by atoms with van der Waals surface area (Å²) in [5.74, 6) is 0. The molecule has 0 bridgehead atoms. The van der Waals surface area contributed by atoms with Crippen LogP contribution in [0.3, 0.4) is 0 Å². The molecule has 0 saturated heterocycles.